The predicted molar refractivity (Wildman–Crippen MR) is 111 cm³/mol. The molecule has 3 aromatic rings. The van der Waals surface area contributed by atoms with E-state index in [2.05, 4.69) is 63.9 Å². The molecule has 0 saturated carbocycles. The molecule has 2 aromatic carbocycles. The van der Waals surface area contributed by atoms with Crippen molar-refractivity contribution in [3.8, 4) is 5.75 Å². The van der Waals surface area contributed by atoms with Crippen molar-refractivity contribution in [2.45, 2.75) is 26.7 Å². The first-order valence-corrected chi connectivity index (χ1v) is 9.24. The monoisotopic (exact) mass is 362 g/mol. The van der Waals surface area contributed by atoms with E-state index in [1.807, 2.05) is 25.1 Å². The molecule has 0 bridgehead atoms. The summed E-state index contributed by atoms with van der Waals surface area (Å²) in [5.41, 5.74) is 4.50. The molecular formula is C22H26N4O. The van der Waals surface area contributed by atoms with Gasteiger partial charge in [-0.25, -0.2) is 4.98 Å². The van der Waals surface area contributed by atoms with Crippen LogP contribution in [0.4, 0.5) is 17.5 Å². The minimum atomic E-state index is 0.635. The molecule has 0 amide bonds. The van der Waals surface area contributed by atoms with E-state index in [4.69, 9.17) is 4.74 Å². The summed E-state index contributed by atoms with van der Waals surface area (Å²) in [5.74, 6) is 2.30. The average molecular weight is 362 g/mol. The molecule has 0 saturated heterocycles. The van der Waals surface area contributed by atoms with Crippen molar-refractivity contribution in [1.82, 2.24) is 9.97 Å². The Morgan fingerprint density at radius 3 is 2.30 bits per heavy atom. The molecule has 0 aliphatic heterocycles. The van der Waals surface area contributed by atoms with Crippen molar-refractivity contribution in [2.75, 3.05) is 24.3 Å². The third-order valence-corrected chi connectivity index (χ3v) is 4.34. The molecule has 3 rings (SSSR count). The first kappa shape index (κ1) is 18.7. The summed E-state index contributed by atoms with van der Waals surface area (Å²) in [6.45, 7) is 4.89. The summed E-state index contributed by atoms with van der Waals surface area (Å²) < 4.78 is 5.19. The van der Waals surface area contributed by atoms with Crippen LogP contribution >= 0.6 is 0 Å². The number of benzene rings is 2. The number of hydrogen-bond acceptors (Lipinski definition) is 5. The van der Waals surface area contributed by atoms with Gasteiger partial charge in [0.1, 0.15) is 11.6 Å². The van der Waals surface area contributed by atoms with Crippen LogP contribution in [-0.2, 0) is 12.8 Å². The quantitative estimate of drug-likeness (QED) is 0.605. The van der Waals surface area contributed by atoms with Gasteiger partial charge in [-0.3, -0.25) is 0 Å². The second kappa shape index (κ2) is 9.03. The first-order chi connectivity index (χ1) is 13.2. The molecule has 5 heteroatoms. The van der Waals surface area contributed by atoms with E-state index in [1.165, 1.54) is 11.1 Å². The zero-order valence-electron chi connectivity index (χ0n) is 16.1. The van der Waals surface area contributed by atoms with Gasteiger partial charge in [0.15, 0.2) is 0 Å². The molecule has 0 fully saturated rings. The van der Waals surface area contributed by atoms with Crippen molar-refractivity contribution < 1.29 is 4.74 Å². The SMILES string of the molecule is CCc1ccc(Nc2cc(C)nc(NCCc3ccc(OC)cc3)n2)cc1. The predicted octanol–water partition coefficient (Wildman–Crippen LogP) is 4.75. The maximum Gasteiger partial charge on any atom is 0.224 e. The van der Waals surface area contributed by atoms with Crippen LogP contribution in [0.25, 0.3) is 0 Å². The van der Waals surface area contributed by atoms with E-state index in [9.17, 15) is 0 Å². The Labute approximate surface area is 160 Å². The van der Waals surface area contributed by atoms with Crippen LogP contribution < -0.4 is 15.4 Å². The number of anilines is 3. The van der Waals surface area contributed by atoms with E-state index in [0.29, 0.717) is 5.95 Å². The van der Waals surface area contributed by atoms with Crippen molar-refractivity contribution in [3.63, 3.8) is 0 Å². The Balaban J connectivity index is 1.60. The highest BCUT2D eigenvalue weighted by atomic mass is 16.5. The molecule has 0 aliphatic rings. The molecular weight excluding hydrogens is 336 g/mol. The summed E-state index contributed by atoms with van der Waals surface area (Å²) >= 11 is 0. The fourth-order valence-corrected chi connectivity index (χ4v) is 2.79. The number of ether oxygens (including phenoxy) is 1. The highest BCUT2D eigenvalue weighted by Gasteiger charge is 2.03. The van der Waals surface area contributed by atoms with Crippen molar-refractivity contribution >= 4 is 17.5 Å². The van der Waals surface area contributed by atoms with E-state index in [0.717, 1.165) is 42.3 Å². The number of rotatable bonds is 8. The van der Waals surface area contributed by atoms with Crippen LogP contribution in [0.2, 0.25) is 0 Å². The fourth-order valence-electron chi connectivity index (χ4n) is 2.79. The number of aryl methyl sites for hydroxylation is 2. The lowest BCUT2D eigenvalue weighted by molar-refractivity contribution is 0.414. The van der Waals surface area contributed by atoms with Crippen LogP contribution in [0, 0.1) is 6.92 Å². The molecule has 0 atom stereocenters. The number of nitrogens with one attached hydrogen (secondary N) is 2. The lowest BCUT2D eigenvalue weighted by Crippen LogP contribution is -2.09. The minimum absolute atomic E-state index is 0.635. The molecule has 140 valence electrons. The molecule has 0 radical (unpaired) electrons. The second-order valence-electron chi connectivity index (χ2n) is 6.42. The van der Waals surface area contributed by atoms with E-state index in [1.54, 1.807) is 7.11 Å². The fraction of sp³-hybridized carbons (Fsp3) is 0.273. The van der Waals surface area contributed by atoms with Crippen molar-refractivity contribution in [3.05, 3.63) is 71.4 Å². The maximum atomic E-state index is 5.19. The zero-order chi connectivity index (χ0) is 19.1. The van der Waals surface area contributed by atoms with Gasteiger partial charge in [0.05, 0.1) is 7.11 Å². The average Bonchev–Trinajstić information content (AvgIpc) is 2.69. The van der Waals surface area contributed by atoms with Crippen LogP contribution in [0.1, 0.15) is 23.7 Å². The van der Waals surface area contributed by atoms with Crippen molar-refractivity contribution in [2.24, 2.45) is 0 Å². The standard InChI is InChI=1S/C22H26N4O/c1-4-17-5-9-19(10-6-17)25-21-15-16(2)24-22(26-21)23-14-13-18-7-11-20(27-3)12-8-18/h5-12,15H,4,13-14H2,1-3H3,(H2,23,24,25,26). The third-order valence-electron chi connectivity index (χ3n) is 4.34. The van der Waals surface area contributed by atoms with Gasteiger partial charge in [0.25, 0.3) is 0 Å². The van der Waals surface area contributed by atoms with Crippen LogP contribution in [0.15, 0.2) is 54.6 Å². The topological polar surface area (TPSA) is 59.1 Å². The Morgan fingerprint density at radius 2 is 1.63 bits per heavy atom. The minimum Gasteiger partial charge on any atom is -0.497 e. The molecule has 1 aromatic heterocycles. The van der Waals surface area contributed by atoms with Gasteiger partial charge >= 0.3 is 0 Å². The Bertz CT molecular complexity index is 860. The highest BCUT2D eigenvalue weighted by molar-refractivity contribution is 5.58. The summed E-state index contributed by atoms with van der Waals surface area (Å²) in [4.78, 5) is 9.06. The van der Waals surface area contributed by atoms with Gasteiger partial charge in [0.2, 0.25) is 5.95 Å². The van der Waals surface area contributed by atoms with Gasteiger partial charge in [-0.15, -0.1) is 0 Å². The molecule has 0 aliphatic carbocycles. The van der Waals surface area contributed by atoms with Gasteiger partial charge in [-0.1, -0.05) is 31.2 Å². The summed E-state index contributed by atoms with van der Waals surface area (Å²) in [5, 5.41) is 6.67. The lowest BCUT2D eigenvalue weighted by atomic mass is 10.1. The largest absolute Gasteiger partial charge is 0.497 e. The summed E-state index contributed by atoms with van der Waals surface area (Å²) in [7, 11) is 1.68. The smallest absolute Gasteiger partial charge is 0.224 e. The van der Waals surface area contributed by atoms with E-state index >= 15 is 0 Å². The number of methoxy groups -OCH3 is 1. The first-order valence-electron chi connectivity index (χ1n) is 9.24. The van der Waals surface area contributed by atoms with Crippen LogP contribution in [0.5, 0.6) is 5.75 Å². The van der Waals surface area contributed by atoms with Gasteiger partial charge in [-0.2, -0.15) is 4.98 Å². The van der Waals surface area contributed by atoms with Crippen LogP contribution in [0.3, 0.4) is 0 Å². The molecule has 0 spiro atoms. The molecule has 5 nitrogen and oxygen atoms in total. The molecule has 1 heterocycles. The maximum absolute atomic E-state index is 5.19. The Kier molecular flexibility index (Phi) is 6.26. The summed E-state index contributed by atoms with van der Waals surface area (Å²) in [6.07, 6.45) is 1.93. The van der Waals surface area contributed by atoms with Gasteiger partial charge < -0.3 is 15.4 Å². The zero-order valence-corrected chi connectivity index (χ0v) is 16.1. The van der Waals surface area contributed by atoms with E-state index in [-0.39, 0.29) is 0 Å². The third kappa shape index (κ3) is 5.45. The second-order valence-corrected chi connectivity index (χ2v) is 6.42. The lowest BCUT2D eigenvalue weighted by Gasteiger charge is -2.10. The van der Waals surface area contributed by atoms with Crippen molar-refractivity contribution in [1.29, 1.82) is 0 Å². The Morgan fingerprint density at radius 1 is 0.926 bits per heavy atom. The number of nitrogens with zero attached hydrogens (tertiary/aromatic N) is 2. The Hall–Kier alpha value is -3.08. The molecule has 27 heavy (non-hydrogen) atoms. The molecule has 0 unspecified atom stereocenters. The van der Waals surface area contributed by atoms with Crippen LogP contribution in [-0.4, -0.2) is 23.6 Å². The normalized spacial score (nSPS) is 10.5. The summed E-state index contributed by atoms with van der Waals surface area (Å²) in [6, 6.07) is 18.5. The molecule has 2 N–H and O–H groups in total. The van der Waals surface area contributed by atoms with Gasteiger partial charge in [-0.05, 0) is 55.2 Å². The highest BCUT2D eigenvalue weighted by Crippen LogP contribution is 2.18. The van der Waals surface area contributed by atoms with Gasteiger partial charge in [0, 0.05) is 24.0 Å². The number of aromatic nitrogens is 2. The van der Waals surface area contributed by atoms with E-state index < -0.39 is 0 Å². The number of hydrogen-bond donors (Lipinski definition) is 2.